The van der Waals surface area contributed by atoms with E-state index in [2.05, 4.69) is 15.5 Å². The Morgan fingerprint density at radius 1 is 1.32 bits per heavy atom. The van der Waals surface area contributed by atoms with E-state index in [1.165, 1.54) is 4.88 Å². The van der Waals surface area contributed by atoms with Gasteiger partial charge in [-0.25, -0.2) is 4.98 Å². The van der Waals surface area contributed by atoms with E-state index in [9.17, 15) is 0 Å². The Morgan fingerprint density at radius 2 is 2.05 bits per heavy atom. The molecule has 1 heterocycles. The monoisotopic (exact) mass is 275 g/mol. The van der Waals surface area contributed by atoms with Crippen LogP contribution in [0.5, 0.6) is 5.75 Å². The molecule has 2 aromatic rings. The van der Waals surface area contributed by atoms with Crippen LogP contribution in [-0.4, -0.2) is 17.8 Å². The number of hydrazone groups is 1. The van der Waals surface area contributed by atoms with Crippen molar-refractivity contribution in [3.63, 3.8) is 0 Å². The Labute approximate surface area is 117 Å². The molecule has 5 heteroatoms. The van der Waals surface area contributed by atoms with Gasteiger partial charge in [-0.15, -0.1) is 11.3 Å². The lowest BCUT2D eigenvalue weighted by Crippen LogP contribution is -1.92. The van der Waals surface area contributed by atoms with Crippen molar-refractivity contribution in [1.29, 1.82) is 0 Å². The number of aryl methyl sites for hydroxylation is 2. The number of nitrogens with zero attached hydrogens (tertiary/aromatic N) is 2. The zero-order valence-electron chi connectivity index (χ0n) is 11.3. The van der Waals surface area contributed by atoms with Crippen LogP contribution in [0.1, 0.15) is 23.1 Å². The maximum Gasteiger partial charge on any atom is 0.203 e. The molecule has 0 saturated heterocycles. The number of hydrogen-bond donors (Lipinski definition) is 1. The summed E-state index contributed by atoms with van der Waals surface area (Å²) in [5.74, 6) is 0.874. The number of anilines is 1. The lowest BCUT2D eigenvalue weighted by Gasteiger charge is -2.01. The summed E-state index contributed by atoms with van der Waals surface area (Å²) in [6.07, 6.45) is 1.77. The van der Waals surface area contributed by atoms with Crippen LogP contribution in [0.25, 0.3) is 0 Å². The summed E-state index contributed by atoms with van der Waals surface area (Å²) in [5.41, 5.74) is 5.00. The molecule has 0 aliphatic heterocycles. The molecule has 0 amide bonds. The smallest absolute Gasteiger partial charge is 0.203 e. The van der Waals surface area contributed by atoms with Crippen molar-refractivity contribution in [2.75, 3.05) is 12.0 Å². The van der Waals surface area contributed by atoms with Gasteiger partial charge in [0.15, 0.2) is 0 Å². The third kappa shape index (κ3) is 3.79. The summed E-state index contributed by atoms with van der Waals surface area (Å²) in [6.45, 7) is 6.69. The van der Waals surface area contributed by atoms with Crippen molar-refractivity contribution in [3.05, 3.63) is 40.4 Å². The minimum atomic E-state index is 0.678. The van der Waals surface area contributed by atoms with Gasteiger partial charge < -0.3 is 4.74 Å². The van der Waals surface area contributed by atoms with E-state index in [-0.39, 0.29) is 0 Å². The largest absolute Gasteiger partial charge is 0.494 e. The predicted octanol–water partition coefficient (Wildman–Crippen LogP) is 3.60. The summed E-state index contributed by atoms with van der Waals surface area (Å²) in [4.78, 5) is 5.56. The van der Waals surface area contributed by atoms with E-state index in [1.807, 2.05) is 45.0 Å². The van der Waals surface area contributed by atoms with Crippen molar-refractivity contribution in [3.8, 4) is 5.75 Å². The number of ether oxygens (including phenoxy) is 1. The number of rotatable bonds is 5. The highest BCUT2D eigenvalue weighted by Gasteiger charge is 2.01. The maximum atomic E-state index is 5.38. The standard InChI is InChI=1S/C14H17N3OS/c1-4-18-13-7-5-12(6-8-13)9-15-17-14-16-10(2)11(3)19-14/h5-9H,4H2,1-3H3,(H,16,17)/b15-9-. The average Bonchev–Trinajstić information content (AvgIpc) is 2.71. The van der Waals surface area contributed by atoms with Gasteiger partial charge in [-0.1, -0.05) is 0 Å². The quantitative estimate of drug-likeness (QED) is 0.670. The fourth-order valence-corrected chi connectivity index (χ4v) is 2.26. The van der Waals surface area contributed by atoms with Crippen LogP contribution in [0.15, 0.2) is 29.4 Å². The summed E-state index contributed by atoms with van der Waals surface area (Å²) >= 11 is 1.60. The van der Waals surface area contributed by atoms with Crippen molar-refractivity contribution in [2.24, 2.45) is 5.10 Å². The minimum Gasteiger partial charge on any atom is -0.494 e. The van der Waals surface area contributed by atoms with Crippen molar-refractivity contribution >= 4 is 22.7 Å². The Balaban J connectivity index is 1.94. The molecule has 2 rings (SSSR count). The van der Waals surface area contributed by atoms with Crippen molar-refractivity contribution in [2.45, 2.75) is 20.8 Å². The lowest BCUT2D eigenvalue weighted by molar-refractivity contribution is 0.340. The Bertz CT molecular complexity index is 541. The maximum absolute atomic E-state index is 5.38. The molecule has 0 bridgehead atoms. The highest BCUT2D eigenvalue weighted by molar-refractivity contribution is 7.15. The molecule has 0 spiro atoms. The van der Waals surface area contributed by atoms with Crippen LogP contribution in [0.4, 0.5) is 5.13 Å². The molecule has 1 N–H and O–H groups in total. The van der Waals surface area contributed by atoms with Crippen LogP contribution in [0.3, 0.4) is 0 Å². The van der Waals surface area contributed by atoms with Gasteiger partial charge in [0.25, 0.3) is 0 Å². The first kappa shape index (κ1) is 13.5. The first-order valence-electron chi connectivity index (χ1n) is 6.15. The lowest BCUT2D eigenvalue weighted by atomic mass is 10.2. The molecule has 1 aromatic carbocycles. The minimum absolute atomic E-state index is 0.678. The molecule has 0 aliphatic rings. The van der Waals surface area contributed by atoms with Crippen LogP contribution in [0.2, 0.25) is 0 Å². The molecule has 0 atom stereocenters. The third-order valence-electron chi connectivity index (χ3n) is 2.59. The van der Waals surface area contributed by atoms with Crippen LogP contribution in [-0.2, 0) is 0 Å². The van der Waals surface area contributed by atoms with Gasteiger partial charge >= 0.3 is 0 Å². The van der Waals surface area contributed by atoms with Crippen LogP contribution < -0.4 is 10.2 Å². The molecule has 100 valence electrons. The molecule has 1 aromatic heterocycles. The number of hydrogen-bond acceptors (Lipinski definition) is 5. The molecule has 0 aliphatic carbocycles. The van der Waals surface area contributed by atoms with Gasteiger partial charge in [0.05, 0.1) is 18.5 Å². The highest BCUT2D eigenvalue weighted by atomic mass is 32.1. The Kier molecular flexibility index (Phi) is 4.52. The van der Waals surface area contributed by atoms with Crippen LogP contribution >= 0.6 is 11.3 Å². The zero-order valence-corrected chi connectivity index (χ0v) is 12.1. The third-order valence-corrected chi connectivity index (χ3v) is 3.57. The number of thiazole rings is 1. The van der Waals surface area contributed by atoms with E-state index in [1.54, 1.807) is 17.6 Å². The van der Waals surface area contributed by atoms with Gasteiger partial charge in [-0.3, -0.25) is 5.43 Å². The summed E-state index contributed by atoms with van der Waals surface area (Å²) in [6, 6.07) is 7.80. The van der Waals surface area contributed by atoms with Crippen molar-refractivity contribution < 1.29 is 4.74 Å². The average molecular weight is 275 g/mol. The summed E-state index contributed by atoms with van der Waals surface area (Å²) < 4.78 is 5.38. The molecule has 19 heavy (non-hydrogen) atoms. The molecular weight excluding hydrogens is 258 g/mol. The van der Waals surface area contributed by atoms with Crippen LogP contribution in [0, 0.1) is 13.8 Å². The molecule has 0 radical (unpaired) electrons. The van der Waals surface area contributed by atoms with E-state index >= 15 is 0 Å². The fraction of sp³-hybridized carbons (Fsp3) is 0.286. The predicted molar refractivity (Wildman–Crippen MR) is 80.4 cm³/mol. The molecule has 0 unspecified atom stereocenters. The van der Waals surface area contributed by atoms with Gasteiger partial charge in [0, 0.05) is 4.88 Å². The van der Waals surface area contributed by atoms with E-state index in [0.29, 0.717) is 6.61 Å². The second kappa shape index (κ2) is 6.33. The summed E-state index contributed by atoms with van der Waals surface area (Å²) in [5, 5.41) is 4.99. The Hall–Kier alpha value is -1.88. The first-order chi connectivity index (χ1) is 9.19. The SMILES string of the molecule is CCOc1ccc(/C=N\Nc2nc(C)c(C)s2)cc1. The first-order valence-corrected chi connectivity index (χ1v) is 6.96. The number of benzene rings is 1. The topological polar surface area (TPSA) is 46.5 Å². The number of aromatic nitrogens is 1. The second-order valence-corrected chi connectivity index (χ2v) is 5.24. The molecule has 4 nitrogen and oxygen atoms in total. The molecule has 0 saturated carbocycles. The van der Waals surface area contributed by atoms with Crippen molar-refractivity contribution in [1.82, 2.24) is 4.98 Å². The highest BCUT2D eigenvalue weighted by Crippen LogP contribution is 2.20. The van der Waals surface area contributed by atoms with E-state index in [4.69, 9.17) is 4.74 Å². The fourth-order valence-electron chi connectivity index (χ4n) is 1.50. The Morgan fingerprint density at radius 3 is 2.63 bits per heavy atom. The van der Waals surface area contributed by atoms with Gasteiger partial charge in [0.2, 0.25) is 5.13 Å². The molecular formula is C14H17N3OS. The molecule has 0 fully saturated rings. The normalized spacial score (nSPS) is 10.9. The number of nitrogens with one attached hydrogen (secondary N) is 1. The van der Waals surface area contributed by atoms with Gasteiger partial charge in [-0.2, -0.15) is 5.10 Å². The van der Waals surface area contributed by atoms with E-state index in [0.717, 1.165) is 22.1 Å². The summed E-state index contributed by atoms with van der Waals surface area (Å²) in [7, 11) is 0. The second-order valence-electron chi connectivity index (χ2n) is 4.03. The zero-order chi connectivity index (χ0) is 13.7. The van der Waals surface area contributed by atoms with Gasteiger partial charge in [0.1, 0.15) is 5.75 Å². The van der Waals surface area contributed by atoms with Gasteiger partial charge in [-0.05, 0) is 50.6 Å². The van der Waals surface area contributed by atoms with E-state index < -0.39 is 0 Å².